The van der Waals surface area contributed by atoms with Crippen molar-refractivity contribution in [3.63, 3.8) is 0 Å². The zero-order valence-electron chi connectivity index (χ0n) is 16.1. The number of nitrogens with zero attached hydrogens (tertiary/aromatic N) is 2. The maximum atomic E-state index is 12.7. The molecule has 0 atom stereocenters. The van der Waals surface area contributed by atoms with Crippen molar-refractivity contribution in [2.45, 2.75) is 52.0 Å². The van der Waals surface area contributed by atoms with E-state index in [1.54, 1.807) is 0 Å². The lowest BCUT2D eigenvalue weighted by atomic mass is 9.77. The van der Waals surface area contributed by atoms with Crippen LogP contribution < -0.4 is 10.6 Å². The quantitative estimate of drug-likeness (QED) is 0.704. The normalized spacial score (nSPS) is 27.1. The van der Waals surface area contributed by atoms with Gasteiger partial charge in [0.1, 0.15) is 12.1 Å². The van der Waals surface area contributed by atoms with Gasteiger partial charge in [0.2, 0.25) is 5.91 Å². The van der Waals surface area contributed by atoms with Gasteiger partial charge in [-0.1, -0.05) is 20.8 Å². The lowest BCUT2D eigenvalue weighted by Gasteiger charge is -2.33. The molecule has 1 spiro atoms. The minimum Gasteiger partial charge on any atom is -0.354 e. The van der Waals surface area contributed by atoms with Crippen LogP contribution in [0.15, 0.2) is 0 Å². The van der Waals surface area contributed by atoms with E-state index in [9.17, 15) is 14.4 Å². The van der Waals surface area contributed by atoms with E-state index in [1.807, 2.05) is 14.1 Å². The Morgan fingerprint density at radius 2 is 1.92 bits per heavy atom. The number of hydrogen-bond donors (Lipinski definition) is 2. The van der Waals surface area contributed by atoms with E-state index in [0.29, 0.717) is 25.3 Å². The number of imide groups is 1. The highest BCUT2D eigenvalue weighted by Crippen LogP contribution is 2.36. The number of hydrogen-bond acceptors (Lipinski definition) is 4. The van der Waals surface area contributed by atoms with Gasteiger partial charge in [-0.25, -0.2) is 4.79 Å². The molecule has 0 bridgehead atoms. The largest absolute Gasteiger partial charge is 0.354 e. The van der Waals surface area contributed by atoms with Crippen molar-refractivity contribution in [2.75, 3.05) is 33.7 Å². The molecule has 0 radical (unpaired) electrons. The maximum Gasteiger partial charge on any atom is 0.325 e. The highest BCUT2D eigenvalue weighted by atomic mass is 16.2. The van der Waals surface area contributed by atoms with Gasteiger partial charge in [0.15, 0.2) is 0 Å². The van der Waals surface area contributed by atoms with Crippen LogP contribution >= 0.6 is 0 Å². The van der Waals surface area contributed by atoms with Crippen LogP contribution in [0.5, 0.6) is 0 Å². The Bertz CT molecular complexity index is 536. The van der Waals surface area contributed by atoms with E-state index < -0.39 is 11.6 Å². The Balaban J connectivity index is 1.90. The minimum atomic E-state index is -0.784. The Hall–Kier alpha value is -1.63. The van der Waals surface area contributed by atoms with Crippen molar-refractivity contribution in [3.8, 4) is 0 Å². The van der Waals surface area contributed by atoms with Crippen molar-refractivity contribution in [2.24, 2.45) is 11.3 Å². The molecule has 2 rings (SSSR count). The third kappa shape index (κ3) is 4.71. The van der Waals surface area contributed by atoms with Crippen molar-refractivity contribution >= 4 is 17.8 Å². The molecule has 0 aromatic rings. The molecule has 1 saturated carbocycles. The molecule has 1 aliphatic heterocycles. The monoisotopic (exact) mass is 352 g/mol. The zero-order valence-corrected chi connectivity index (χ0v) is 16.1. The average molecular weight is 352 g/mol. The second-order valence-electron chi connectivity index (χ2n) is 8.76. The molecule has 0 aromatic carbocycles. The molecule has 0 unspecified atom stereocenters. The van der Waals surface area contributed by atoms with Gasteiger partial charge in [0.25, 0.3) is 5.91 Å². The molecular weight excluding hydrogens is 320 g/mol. The molecule has 7 heteroatoms. The fraction of sp³-hybridized carbons (Fsp3) is 0.833. The second-order valence-corrected chi connectivity index (χ2v) is 8.76. The van der Waals surface area contributed by atoms with Gasteiger partial charge in [-0.05, 0) is 51.1 Å². The fourth-order valence-electron chi connectivity index (χ4n) is 3.86. The molecule has 142 valence electrons. The smallest absolute Gasteiger partial charge is 0.325 e. The number of carbonyl (C=O) groups is 3. The summed E-state index contributed by atoms with van der Waals surface area (Å²) in [5.74, 6) is 0.0373. The average Bonchev–Trinajstić information content (AvgIpc) is 2.72. The van der Waals surface area contributed by atoms with Crippen molar-refractivity contribution in [1.29, 1.82) is 0 Å². The van der Waals surface area contributed by atoms with Gasteiger partial charge in [-0.15, -0.1) is 0 Å². The van der Waals surface area contributed by atoms with E-state index in [1.165, 1.54) is 0 Å². The van der Waals surface area contributed by atoms with E-state index in [0.717, 1.165) is 24.3 Å². The molecular formula is C18H32N4O3. The van der Waals surface area contributed by atoms with Crippen LogP contribution in [0.4, 0.5) is 4.79 Å². The van der Waals surface area contributed by atoms with Gasteiger partial charge in [-0.2, -0.15) is 0 Å². The van der Waals surface area contributed by atoms with E-state index in [-0.39, 0.29) is 23.8 Å². The molecule has 1 heterocycles. The molecule has 4 amide bonds. The maximum absolute atomic E-state index is 12.7. The van der Waals surface area contributed by atoms with Crippen molar-refractivity contribution in [3.05, 3.63) is 0 Å². The molecule has 1 saturated heterocycles. The van der Waals surface area contributed by atoms with Crippen LogP contribution in [-0.4, -0.2) is 66.9 Å². The molecule has 25 heavy (non-hydrogen) atoms. The minimum absolute atomic E-state index is 0.0861. The van der Waals surface area contributed by atoms with Crippen LogP contribution in [-0.2, 0) is 9.59 Å². The first-order chi connectivity index (χ1) is 11.5. The summed E-state index contributed by atoms with van der Waals surface area (Å²) >= 11 is 0. The number of rotatable bonds is 6. The Morgan fingerprint density at radius 1 is 1.32 bits per heavy atom. The topological polar surface area (TPSA) is 81.8 Å². The van der Waals surface area contributed by atoms with Crippen LogP contribution in [0.2, 0.25) is 0 Å². The third-order valence-electron chi connectivity index (χ3n) is 5.18. The molecule has 2 fully saturated rings. The summed E-state index contributed by atoms with van der Waals surface area (Å²) in [6, 6.07) is -0.442. The number of urea groups is 1. The zero-order chi connectivity index (χ0) is 18.8. The van der Waals surface area contributed by atoms with Crippen molar-refractivity contribution in [1.82, 2.24) is 20.4 Å². The summed E-state index contributed by atoms with van der Waals surface area (Å²) in [6.07, 6.45) is 3.16. The predicted octanol–water partition coefficient (Wildman–Crippen LogP) is 1.19. The second kappa shape index (κ2) is 7.32. The highest BCUT2D eigenvalue weighted by molar-refractivity contribution is 6.09. The number of carbonyl (C=O) groups excluding carboxylic acids is 3. The molecule has 0 aromatic heterocycles. The lowest BCUT2D eigenvalue weighted by molar-refractivity contribution is -0.136. The number of nitrogens with one attached hydrogen (secondary N) is 2. The van der Waals surface area contributed by atoms with E-state index in [2.05, 4.69) is 36.3 Å². The summed E-state index contributed by atoms with van der Waals surface area (Å²) in [4.78, 5) is 40.4. The first-order valence-corrected chi connectivity index (χ1v) is 9.10. The van der Waals surface area contributed by atoms with E-state index >= 15 is 0 Å². The Kier molecular flexibility index (Phi) is 5.76. The SMILES string of the molecule is CC1CCC2(CC1)NC(=O)N(CC(=O)NCC(C)(C)CN(C)C)C2=O. The number of amides is 4. The van der Waals surface area contributed by atoms with Crippen LogP contribution in [0, 0.1) is 11.3 Å². The Labute approximate surface area is 150 Å². The van der Waals surface area contributed by atoms with Gasteiger partial charge < -0.3 is 15.5 Å². The summed E-state index contributed by atoms with van der Waals surface area (Å²) in [5.41, 5.74) is -0.870. The first kappa shape index (κ1) is 19.7. The van der Waals surface area contributed by atoms with Crippen molar-refractivity contribution < 1.29 is 14.4 Å². The van der Waals surface area contributed by atoms with Crippen LogP contribution in [0.1, 0.15) is 46.5 Å². The van der Waals surface area contributed by atoms with Gasteiger partial charge in [0, 0.05) is 13.1 Å². The van der Waals surface area contributed by atoms with Crippen LogP contribution in [0.25, 0.3) is 0 Å². The Morgan fingerprint density at radius 3 is 2.48 bits per heavy atom. The van der Waals surface area contributed by atoms with Crippen LogP contribution in [0.3, 0.4) is 0 Å². The van der Waals surface area contributed by atoms with Gasteiger partial charge in [0.05, 0.1) is 0 Å². The van der Waals surface area contributed by atoms with Gasteiger partial charge in [-0.3, -0.25) is 14.5 Å². The fourth-order valence-corrected chi connectivity index (χ4v) is 3.86. The standard InChI is InChI=1S/C18H32N4O3/c1-13-6-8-18(9-7-13)15(24)22(16(25)20-18)10-14(23)19-11-17(2,3)12-21(4)5/h13H,6-12H2,1-5H3,(H,19,23)(H,20,25). The summed E-state index contributed by atoms with van der Waals surface area (Å²) in [7, 11) is 3.97. The third-order valence-corrected chi connectivity index (χ3v) is 5.18. The highest BCUT2D eigenvalue weighted by Gasteiger charge is 2.52. The molecule has 2 N–H and O–H groups in total. The summed E-state index contributed by atoms with van der Waals surface area (Å²) < 4.78 is 0. The summed E-state index contributed by atoms with van der Waals surface area (Å²) in [5, 5.41) is 5.70. The van der Waals surface area contributed by atoms with Gasteiger partial charge >= 0.3 is 6.03 Å². The first-order valence-electron chi connectivity index (χ1n) is 9.10. The van der Waals surface area contributed by atoms with E-state index in [4.69, 9.17) is 0 Å². The predicted molar refractivity (Wildman–Crippen MR) is 96.0 cm³/mol. The summed E-state index contributed by atoms with van der Waals surface area (Å²) in [6.45, 7) is 7.42. The molecule has 1 aliphatic carbocycles. The molecule has 2 aliphatic rings. The molecule has 7 nitrogen and oxygen atoms in total. The lowest BCUT2D eigenvalue weighted by Crippen LogP contribution is -2.50.